The van der Waals surface area contributed by atoms with E-state index in [9.17, 15) is 4.79 Å². The summed E-state index contributed by atoms with van der Waals surface area (Å²) in [6, 6.07) is 14.1. The van der Waals surface area contributed by atoms with Crippen molar-refractivity contribution in [3.8, 4) is 0 Å². The molecule has 0 radical (unpaired) electrons. The second-order valence-electron chi connectivity index (χ2n) is 7.65. The highest BCUT2D eigenvalue weighted by molar-refractivity contribution is 6.46. The summed E-state index contributed by atoms with van der Waals surface area (Å²) >= 11 is 6.09. The lowest BCUT2D eigenvalue weighted by Crippen LogP contribution is -2.50. The molecule has 27 heavy (non-hydrogen) atoms. The minimum Gasteiger partial charge on any atom is -0.326 e. The SMILES string of the molecule is Cc1ccc(C2=NC3(CCN(Cc4cccc(Cl)c4)CC3)NC2=O)cc1C. The smallest absolute Gasteiger partial charge is 0.272 e. The lowest BCUT2D eigenvalue weighted by atomic mass is 9.97. The van der Waals surface area contributed by atoms with Crippen LogP contribution in [0.15, 0.2) is 47.5 Å². The maximum atomic E-state index is 12.6. The van der Waals surface area contributed by atoms with E-state index in [1.807, 2.05) is 24.3 Å². The molecular weight excluding hydrogens is 358 g/mol. The largest absolute Gasteiger partial charge is 0.326 e. The van der Waals surface area contributed by atoms with Crippen molar-refractivity contribution in [2.75, 3.05) is 13.1 Å². The van der Waals surface area contributed by atoms with Gasteiger partial charge in [-0.3, -0.25) is 14.7 Å². The van der Waals surface area contributed by atoms with Crippen molar-refractivity contribution in [3.05, 3.63) is 69.7 Å². The third-order valence-corrected chi connectivity index (χ3v) is 5.88. The van der Waals surface area contributed by atoms with E-state index in [1.54, 1.807) is 0 Å². The normalized spacial score (nSPS) is 19.2. The molecule has 2 aliphatic heterocycles. The summed E-state index contributed by atoms with van der Waals surface area (Å²) < 4.78 is 0. The molecule has 0 atom stereocenters. The maximum absolute atomic E-state index is 12.6. The minimum absolute atomic E-state index is 0.0541. The molecule has 2 aromatic carbocycles. The van der Waals surface area contributed by atoms with Gasteiger partial charge in [-0.2, -0.15) is 0 Å². The zero-order valence-electron chi connectivity index (χ0n) is 15.8. The monoisotopic (exact) mass is 381 g/mol. The zero-order chi connectivity index (χ0) is 19.0. The topological polar surface area (TPSA) is 44.7 Å². The van der Waals surface area contributed by atoms with Crippen LogP contribution in [0.5, 0.6) is 0 Å². The molecule has 2 aromatic rings. The van der Waals surface area contributed by atoms with E-state index in [0.717, 1.165) is 43.1 Å². The van der Waals surface area contributed by atoms with Crippen molar-refractivity contribution in [1.82, 2.24) is 10.2 Å². The van der Waals surface area contributed by atoms with Crippen LogP contribution in [0.2, 0.25) is 5.02 Å². The highest BCUT2D eigenvalue weighted by Crippen LogP contribution is 2.30. The molecule has 2 aliphatic rings. The van der Waals surface area contributed by atoms with Gasteiger partial charge in [-0.1, -0.05) is 35.9 Å². The Morgan fingerprint density at radius 1 is 1.11 bits per heavy atom. The van der Waals surface area contributed by atoms with Crippen molar-refractivity contribution in [1.29, 1.82) is 0 Å². The van der Waals surface area contributed by atoms with E-state index in [0.29, 0.717) is 5.71 Å². The van der Waals surface area contributed by atoms with Crippen LogP contribution in [-0.4, -0.2) is 35.3 Å². The number of rotatable bonds is 3. The Balaban J connectivity index is 1.47. The van der Waals surface area contributed by atoms with Gasteiger partial charge < -0.3 is 5.32 Å². The molecular formula is C22H24ClN3O. The summed E-state index contributed by atoms with van der Waals surface area (Å²) in [5, 5.41) is 3.93. The second-order valence-corrected chi connectivity index (χ2v) is 8.09. The Bertz CT molecular complexity index is 914. The minimum atomic E-state index is -0.448. The summed E-state index contributed by atoms with van der Waals surface area (Å²) in [6.07, 6.45) is 1.65. The summed E-state index contributed by atoms with van der Waals surface area (Å²) in [7, 11) is 0. The van der Waals surface area contributed by atoms with Crippen molar-refractivity contribution < 1.29 is 4.79 Å². The first-order chi connectivity index (χ1) is 12.9. The van der Waals surface area contributed by atoms with Gasteiger partial charge in [0.2, 0.25) is 0 Å². The van der Waals surface area contributed by atoms with Crippen LogP contribution >= 0.6 is 11.6 Å². The molecule has 0 saturated carbocycles. The Labute approximate surface area is 165 Å². The molecule has 2 heterocycles. The molecule has 1 fully saturated rings. The Hall–Kier alpha value is -2.17. The number of aryl methyl sites for hydroxylation is 2. The van der Waals surface area contributed by atoms with Crippen LogP contribution in [0.3, 0.4) is 0 Å². The van der Waals surface area contributed by atoms with Crippen molar-refractivity contribution in [3.63, 3.8) is 0 Å². The van der Waals surface area contributed by atoms with Crippen molar-refractivity contribution in [2.45, 2.75) is 38.9 Å². The number of amides is 1. The zero-order valence-corrected chi connectivity index (χ0v) is 16.5. The fourth-order valence-corrected chi connectivity index (χ4v) is 4.07. The molecule has 140 valence electrons. The number of hydrogen-bond acceptors (Lipinski definition) is 3. The molecule has 0 aliphatic carbocycles. The molecule has 1 N–H and O–H groups in total. The summed E-state index contributed by atoms with van der Waals surface area (Å²) in [5.74, 6) is -0.0541. The molecule has 1 amide bonds. The average Bonchev–Trinajstić information content (AvgIpc) is 2.96. The van der Waals surface area contributed by atoms with Gasteiger partial charge in [-0.25, -0.2) is 0 Å². The number of likely N-dealkylation sites (tertiary alicyclic amines) is 1. The quantitative estimate of drug-likeness (QED) is 0.877. The number of piperidine rings is 1. The number of nitrogens with zero attached hydrogens (tertiary/aromatic N) is 2. The number of nitrogens with one attached hydrogen (secondary N) is 1. The molecule has 0 unspecified atom stereocenters. The number of hydrogen-bond donors (Lipinski definition) is 1. The van der Waals surface area contributed by atoms with E-state index in [1.165, 1.54) is 16.7 Å². The Morgan fingerprint density at radius 3 is 2.59 bits per heavy atom. The maximum Gasteiger partial charge on any atom is 0.272 e. The molecule has 4 rings (SSSR count). The van der Waals surface area contributed by atoms with E-state index in [-0.39, 0.29) is 5.91 Å². The standard InChI is InChI=1S/C22H24ClN3O/c1-15-6-7-18(12-16(15)2)20-21(27)25-22(24-20)8-10-26(11-9-22)14-17-4-3-5-19(23)13-17/h3-7,12-13H,8-11,14H2,1-2H3,(H,25,27). The number of halogens is 1. The van der Waals surface area contributed by atoms with Crippen LogP contribution in [0.25, 0.3) is 0 Å². The lowest BCUT2D eigenvalue weighted by molar-refractivity contribution is -0.115. The molecule has 0 bridgehead atoms. The van der Waals surface area contributed by atoms with Crippen LogP contribution in [-0.2, 0) is 11.3 Å². The van der Waals surface area contributed by atoms with Gasteiger partial charge >= 0.3 is 0 Å². The summed E-state index contributed by atoms with van der Waals surface area (Å²) in [4.78, 5) is 19.8. The number of carbonyl (C=O) groups is 1. The van der Waals surface area contributed by atoms with Gasteiger partial charge in [0.05, 0.1) is 0 Å². The van der Waals surface area contributed by atoms with Gasteiger partial charge in [0.25, 0.3) is 5.91 Å². The molecule has 5 heteroatoms. The van der Waals surface area contributed by atoms with E-state index in [4.69, 9.17) is 16.6 Å². The predicted molar refractivity (Wildman–Crippen MR) is 109 cm³/mol. The van der Waals surface area contributed by atoms with E-state index >= 15 is 0 Å². The van der Waals surface area contributed by atoms with Gasteiger partial charge in [-0.15, -0.1) is 0 Å². The van der Waals surface area contributed by atoms with Crippen LogP contribution in [0.4, 0.5) is 0 Å². The molecule has 4 nitrogen and oxygen atoms in total. The molecule has 1 saturated heterocycles. The van der Waals surface area contributed by atoms with Crippen molar-refractivity contribution >= 4 is 23.2 Å². The number of benzene rings is 2. The highest BCUT2D eigenvalue weighted by atomic mass is 35.5. The lowest BCUT2D eigenvalue weighted by Gasteiger charge is -2.37. The van der Waals surface area contributed by atoms with Crippen LogP contribution < -0.4 is 5.32 Å². The summed E-state index contributed by atoms with van der Waals surface area (Å²) in [5.41, 5.74) is 4.65. The third kappa shape index (κ3) is 3.78. The average molecular weight is 382 g/mol. The second kappa shape index (κ2) is 7.10. The third-order valence-electron chi connectivity index (χ3n) is 5.65. The first-order valence-corrected chi connectivity index (χ1v) is 9.79. The fourth-order valence-electron chi connectivity index (χ4n) is 3.86. The van der Waals surface area contributed by atoms with Gasteiger partial charge in [0.1, 0.15) is 11.4 Å². The molecule has 1 spiro atoms. The predicted octanol–water partition coefficient (Wildman–Crippen LogP) is 3.87. The number of aliphatic imine (C=N–C) groups is 1. The summed E-state index contributed by atoms with van der Waals surface area (Å²) in [6.45, 7) is 6.81. The first kappa shape index (κ1) is 18.2. The number of carbonyl (C=O) groups excluding carboxylic acids is 1. The van der Waals surface area contributed by atoms with Gasteiger partial charge in [0, 0.05) is 43.1 Å². The van der Waals surface area contributed by atoms with Crippen LogP contribution in [0, 0.1) is 13.8 Å². The Kier molecular flexibility index (Phi) is 4.79. The van der Waals surface area contributed by atoms with Crippen molar-refractivity contribution in [2.24, 2.45) is 4.99 Å². The van der Waals surface area contributed by atoms with Gasteiger partial charge in [0.15, 0.2) is 0 Å². The van der Waals surface area contributed by atoms with Crippen LogP contribution in [0.1, 0.15) is 35.1 Å². The molecule has 0 aromatic heterocycles. The van der Waals surface area contributed by atoms with E-state index < -0.39 is 5.66 Å². The highest BCUT2D eigenvalue weighted by Gasteiger charge is 2.42. The fraction of sp³-hybridized carbons (Fsp3) is 0.364. The first-order valence-electron chi connectivity index (χ1n) is 9.41. The Morgan fingerprint density at radius 2 is 1.89 bits per heavy atom. The van der Waals surface area contributed by atoms with E-state index in [2.05, 4.69) is 42.3 Å². The van der Waals surface area contributed by atoms with Gasteiger partial charge in [-0.05, 0) is 48.7 Å².